The maximum atomic E-state index is 11.4. The molecule has 0 radical (unpaired) electrons. The van der Waals surface area contributed by atoms with Gasteiger partial charge in [-0.2, -0.15) is 0 Å². The van der Waals surface area contributed by atoms with E-state index in [4.69, 9.17) is 5.11 Å². The highest BCUT2D eigenvalue weighted by Gasteiger charge is 2.30. The molecule has 16 heavy (non-hydrogen) atoms. The number of aliphatic carboxylic acids is 1. The van der Waals surface area contributed by atoms with E-state index < -0.39 is 17.9 Å². The molecule has 0 heterocycles. The second-order valence-electron chi connectivity index (χ2n) is 3.94. The summed E-state index contributed by atoms with van der Waals surface area (Å²) in [4.78, 5) is 34.4. The van der Waals surface area contributed by atoms with Crippen LogP contribution in [0.25, 0.3) is 0 Å². The van der Waals surface area contributed by atoms with E-state index in [0.717, 1.165) is 12.8 Å². The molecule has 0 aromatic rings. The largest absolute Gasteiger partial charge is 0.481 e. The summed E-state index contributed by atoms with van der Waals surface area (Å²) in [5.41, 5.74) is 0. The predicted octanol–water partition coefficient (Wildman–Crippen LogP) is 0.572. The standard InChI is InChI=1S/C10H16N2O4/c1-12(7-5-6-7)10(16)11-8(13)3-2-4-9(14)15/h7H,2-6H2,1H3,(H,14,15)(H,11,13,16). The minimum Gasteiger partial charge on any atom is -0.481 e. The van der Waals surface area contributed by atoms with E-state index in [-0.39, 0.29) is 25.3 Å². The van der Waals surface area contributed by atoms with E-state index in [9.17, 15) is 14.4 Å². The number of urea groups is 1. The molecule has 0 aliphatic heterocycles. The lowest BCUT2D eigenvalue weighted by Gasteiger charge is -2.16. The van der Waals surface area contributed by atoms with Gasteiger partial charge >= 0.3 is 12.0 Å². The number of carboxylic acid groups (broad SMARTS) is 1. The Balaban J connectivity index is 2.17. The van der Waals surface area contributed by atoms with Crippen LogP contribution in [0.3, 0.4) is 0 Å². The number of carboxylic acids is 1. The Morgan fingerprint density at radius 1 is 1.31 bits per heavy atom. The molecule has 0 aromatic carbocycles. The third-order valence-electron chi connectivity index (χ3n) is 2.46. The van der Waals surface area contributed by atoms with Crippen molar-refractivity contribution in [1.29, 1.82) is 0 Å². The Hall–Kier alpha value is -1.59. The maximum Gasteiger partial charge on any atom is 0.324 e. The Kier molecular flexibility index (Phi) is 4.28. The first-order valence-electron chi connectivity index (χ1n) is 5.29. The zero-order valence-electron chi connectivity index (χ0n) is 9.23. The molecule has 90 valence electrons. The lowest BCUT2D eigenvalue weighted by molar-refractivity contribution is -0.137. The highest BCUT2D eigenvalue weighted by molar-refractivity contribution is 5.94. The number of imide groups is 1. The number of hydrogen-bond acceptors (Lipinski definition) is 3. The van der Waals surface area contributed by atoms with Crippen molar-refractivity contribution < 1.29 is 19.5 Å². The zero-order valence-corrected chi connectivity index (χ0v) is 9.23. The van der Waals surface area contributed by atoms with E-state index in [1.807, 2.05) is 0 Å². The van der Waals surface area contributed by atoms with Crippen LogP contribution in [0, 0.1) is 0 Å². The highest BCUT2D eigenvalue weighted by Crippen LogP contribution is 2.25. The smallest absolute Gasteiger partial charge is 0.324 e. The number of nitrogens with one attached hydrogen (secondary N) is 1. The Morgan fingerprint density at radius 3 is 2.44 bits per heavy atom. The number of amides is 3. The normalized spacial score (nSPS) is 14.3. The predicted molar refractivity (Wildman–Crippen MR) is 55.8 cm³/mol. The second-order valence-corrected chi connectivity index (χ2v) is 3.94. The number of nitrogens with zero attached hydrogens (tertiary/aromatic N) is 1. The van der Waals surface area contributed by atoms with E-state index in [1.54, 1.807) is 7.05 Å². The van der Waals surface area contributed by atoms with Gasteiger partial charge in [-0.1, -0.05) is 0 Å². The maximum absolute atomic E-state index is 11.4. The molecule has 6 nitrogen and oxygen atoms in total. The van der Waals surface area contributed by atoms with Crippen LogP contribution in [-0.2, 0) is 9.59 Å². The van der Waals surface area contributed by atoms with Crippen molar-refractivity contribution in [1.82, 2.24) is 10.2 Å². The molecule has 1 rings (SSSR count). The second kappa shape index (κ2) is 5.48. The van der Waals surface area contributed by atoms with Crippen LogP contribution in [0.4, 0.5) is 4.79 Å². The summed E-state index contributed by atoms with van der Waals surface area (Å²) in [7, 11) is 1.65. The van der Waals surface area contributed by atoms with Crippen molar-refractivity contribution >= 4 is 17.9 Å². The van der Waals surface area contributed by atoms with Gasteiger partial charge in [0.15, 0.2) is 0 Å². The Labute approximate surface area is 93.6 Å². The third kappa shape index (κ3) is 4.29. The Morgan fingerprint density at radius 2 is 1.94 bits per heavy atom. The van der Waals surface area contributed by atoms with Crippen molar-refractivity contribution in [2.45, 2.75) is 38.1 Å². The molecule has 1 fully saturated rings. The van der Waals surface area contributed by atoms with Gasteiger partial charge in [-0.05, 0) is 19.3 Å². The van der Waals surface area contributed by atoms with Gasteiger partial charge < -0.3 is 10.0 Å². The highest BCUT2D eigenvalue weighted by atomic mass is 16.4. The zero-order chi connectivity index (χ0) is 12.1. The van der Waals surface area contributed by atoms with E-state index in [1.165, 1.54) is 4.90 Å². The lowest BCUT2D eigenvalue weighted by Crippen LogP contribution is -2.41. The fourth-order valence-corrected chi connectivity index (χ4v) is 1.30. The Bertz CT molecular complexity index is 299. The van der Waals surface area contributed by atoms with Crippen LogP contribution in [0.2, 0.25) is 0 Å². The summed E-state index contributed by atoms with van der Waals surface area (Å²) in [6.45, 7) is 0. The van der Waals surface area contributed by atoms with Crippen molar-refractivity contribution in [3.63, 3.8) is 0 Å². The van der Waals surface area contributed by atoms with Crippen molar-refractivity contribution in [2.24, 2.45) is 0 Å². The average Bonchev–Trinajstić information content (AvgIpc) is 2.98. The van der Waals surface area contributed by atoms with Crippen LogP contribution >= 0.6 is 0 Å². The van der Waals surface area contributed by atoms with Gasteiger partial charge in [-0.3, -0.25) is 14.9 Å². The van der Waals surface area contributed by atoms with Gasteiger partial charge in [0.05, 0.1) is 0 Å². The van der Waals surface area contributed by atoms with Gasteiger partial charge in [0.25, 0.3) is 0 Å². The molecule has 0 bridgehead atoms. The van der Waals surface area contributed by atoms with Crippen molar-refractivity contribution in [2.75, 3.05) is 7.05 Å². The molecule has 0 unspecified atom stereocenters. The average molecular weight is 228 g/mol. The molecule has 0 saturated heterocycles. The summed E-state index contributed by atoms with van der Waals surface area (Å²) >= 11 is 0. The van der Waals surface area contributed by atoms with E-state index in [0.29, 0.717) is 0 Å². The van der Waals surface area contributed by atoms with E-state index >= 15 is 0 Å². The fraction of sp³-hybridized carbons (Fsp3) is 0.700. The molecule has 2 N–H and O–H groups in total. The topological polar surface area (TPSA) is 86.7 Å². The number of carbonyl (C=O) groups excluding carboxylic acids is 2. The minimum atomic E-state index is -0.936. The third-order valence-corrected chi connectivity index (χ3v) is 2.46. The monoisotopic (exact) mass is 228 g/mol. The van der Waals surface area contributed by atoms with Gasteiger partial charge in [-0.25, -0.2) is 4.79 Å². The molecule has 1 aliphatic carbocycles. The lowest BCUT2D eigenvalue weighted by atomic mass is 10.2. The summed E-state index contributed by atoms with van der Waals surface area (Å²) < 4.78 is 0. The number of carbonyl (C=O) groups is 3. The van der Waals surface area contributed by atoms with Gasteiger partial charge in [0, 0.05) is 25.9 Å². The van der Waals surface area contributed by atoms with Gasteiger partial charge in [-0.15, -0.1) is 0 Å². The summed E-state index contributed by atoms with van der Waals surface area (Å²) in [6, 6.07) is -0.144. The molecule has 0 spiro atoms. The van der Waals surface area contributed by atoms with Crippen molar-refractivity contribution in [3.8, 4) is 0 Å². The molecular weight excluding hydrogens is 212 g/mol. The number of rotatable bonds is 5. The number of hydrogen-bond donors (Lipinski definition) is 2. The summed E-state index contributed by atoms with van der Waals surface area (Å²) in [6.07, 6.45) is 2.23. The molecular formula is C10H16N2O4. The van der Waals surface area contributed by atoms with Crippen LogP contribution in [-0.4, -0.2) is 41.0 Å². The van der Waals surface area contributed by atoms with Gasteiger partial charge in [0.2, 0.25) is 5.91 Å². The molecule has 1 saturated carbocycles. The minimum absolute atomic E-state index is 0.0555. The first-order chi connectivity index (χ1) is 7.50. The first-order valence-corrected chi connectivity index (χ1v) is 5.29. The first kappa shape index (κ1) is 12.5. The van der Waals surface area contributed by atoms with Gasteiger partial charge in [0.1, 0.15) is 0 Å². The molecule has 0 atom stereocenters. The molecule has 1 aliphatic rings. The van der Waals surface area contributed by atoms with Crippen LogP contribution in [0.5, 0.6) is 0 Å². The summed E-state index contributed by atoms with van der Waals surface area (Å²) in [5.74, 6) is -1.35. The summed E-state index contributed by atoms with van der Waals surface area (Å²) in [5, 5.41) is 10.6. The van der Waals surface area contributed by atoms with Crippen LogP contribution in [0.15, 0.2) is 0 Å². The molecule has 0 aromatic heterocycles. The molecule has 3 amide bonds. The van der Waals surface area contributed by atoms with Crippen LogP contribution in [0.1, 0.15) is 32.1 Å². The SMILES string of the molecule is CN(C(=O)NC(=O)CCCC(=O)O)C1CC1. The fourth-order valence-electron chi connectivity index (χ4n) is 1.30. The quantitative estimate of drug-likeness (QED) is 0.720. The van der Waals surface area contributed by atoms with Crippen LogP contribution < -0.4 is 5.32 Å². The van der Waals surface area contributed by atoms with E-state index in [2.05, 4.69) is 5.32 Å². The van der Waals surface area contributed by atoms with Crippen molar-refractivity contribution in [3.05, 3.63) is 0 Å². The molecule has 6 heteroatoms.